The third-order valence-electron chi connectivity index (χ3n) is 3.42. The van der Waals surface area contributed by atoms with Crippen LogP contribution in [0.15, 0.2) is 0 Å². The predicted octanol–water partition coefficient (Wildman–Crippen LogP) is 1.32. The van der Waals surface area contributed by atoms with Crippen LogP contribution >= 0.6 is 12.4 Å². The lowest BCUT2D eigenvalue weighted by Crippen LogP contribution is -2.65. The van der Waals surface area contributed by atoms with Gasteiger partial charge < -0.3 is 10.5 Å². The summed E-state index contributed by atoms with van der Waals surface area (Å²) in [5, 5.41) is 0. The van der Waals surface area contributed by atoms with Gasteiger partial charge in [0.2, 0.25) is 0 Å². The van der Waals surface area contributed by atoms with E-state index in [1.807, 2.05) is 0 Å². The fourth-order valence-electron chi connectivity index (χ4n) is 2.39. The molecule has 0 aromatic heterocycles. The fraction of sp³-hybridized carbons (Fsp3) is 1.00. The molecule has 0 amide bonds. The Morgan fingerprint density at radius 2 is 2.09 bits per heavy atom. The molecule has 2 fully saturated rings. The molecule has 0 aliphatic heterocycles. The quantitative estimate of drug-likeness (QED) is 0.656. The molecule has 1 spiro atoms. The van der Waals surface area contributed by atoms with Crippen molar-refractivity contribution in [2.45, 2.75) is 37.8 Å². The smallest absolute Gasteiger partial charge is 0.0657 e. The molecule has 2 unspecified atom stereocenters. The van der Waals surface area contributed by atoms with Crippen molar-refractivity contribution in [3.8, 4) is 0 Å². The van der Waals surface area contributed by atoms with E-state index in [-0.39, 0.29) is 12.4 Å². The fourth-order valence-corrected chi connectivity index (χ4v) is 2.39. The van der Waals surface area contributed by atoms with Gasteiger partial charge in [-0.15, -0.1) is 12.4 Å². The zero-order valence-electron chi connectivity index (χ0n) is 6.88. The number of halogens is 1. The maximum atomic E-state index is 5.90. The molecule has 0 bridgehead atoms. The Bertz CT molecular complexity index is 147. The van der Waals surface area contributed by atoms with Crippen LogP contribution in [0.1, 0.15) is 25.7 Å². The average Bonchev–Trinajstić information content (AvgIpc) is 1.78. The third-order valence-corrected chi connectivity index (χ3v) is 3.42. The molecular formula is C8H16ClNO. The molecule has 0 heterocycles. The molecule has 0 radical (unpaired) electrons. The molecule has 2 aliphatic rings. The van der Waals surface area contributed by atoms with Crippen LogP contribution in [-0.4, -0.2) is 19.3 Å². The molecule has 3 heteroatoms. The Morgan fingerprint density at radius 1 is 1.45 bits per heavy atom. The van der Waals surface area contributed by atoms with E-state index < -0.39 is 0 Å². The summed E-state index contributed by atoms with van der Waals surface area (Å²) >= 11 is 0. The van der Waals surface area contributed by atoms with E-state index >= 15 is 0 Å². The Hall–Kier alpha value is 0.210. The van der Waals surface area contributed by atoms with Gasteiger partial charge in [-0.3, -0.25) is 0 Å². The van der Waals surface area contributed by atoms with Gasteiger partial charge in [0.1, 0.15) is 0 Å². The molecule has 66 valence electrons. The van der Waals surface area contributed by atoms with Gasteiger partial charge in [-0.05, 0) is 19.3 Å². The van der Waals surface area contributed by atoms with Crippen molar-refractivity contribution in [1.82, 2.24) is 0 Å². The van der Waals surface area contributed by atoms with Gasteiger partial charge in [0.05, 0.1) is 6.10 Å². The van der Waals surface area contributed by atoms with Crippen molar-refractivity contribution in [2.75, 3.05) is 7.11 Å². The van der Waals surface area contributed by atoms with E-state index in [1.165, 1.54) is 19.3 Å². The summed E-state index contributed by atoms with van der Waals surface area (Å²) in [6.07, 6.45) is 5.51. The summed E-state index contributed by atoms with van der Waals surface area (Å²) in [7, 11) is 1.80. The summed E-state index contributed by atoms with van der Waals surface area (Å²) in [6.45, 7) is 0. The molecule has 2 rings (SSSR count). The minimum absolute atomic E-state index is 0. The van der Waals surface area contributed by atoms with Crippen molar-refractivity contribution in [2.24, 2.45) is 11.1 Å². The summed E-state index contributed by atoms with van der Waals surface area (Å²) in [4.78, 5) is 0. The standard InChI is InChI=1S/C8H15NO.ClH/c1-10-7-5-6(9)8(7)3-2-4-8;/h6-7H,2-5,9H2,1H3;1H. The zero-order chi connectivity index (χ0) is 7.19. The van der Waals surface area contributed by atoms with Crippen molar-refractivity contribution in [3.05, 3.63) is 0 Å². The van der Waals surface area contributed by atoms with Gasteiger partial charge in [0, 0.05) is 18.6 Å². The van der Waals surface area contributed by atoms with E-state index in [1.54, 1.807) is 7.11 Å². The maximum Gasteiger partial charge on any atom is 0.0657 e. The number of hydrogen-bond donors (Lipinski definition) is 1. The Morgan fingerprint density at radius 3 is 2.27 bits per heavy atom. The first kappa shape index (κ1) is 9.30. The Kier molecular flexibility index (Phi) is 2.47. The second-order valence-electron chi connectivity index (χ2n) is 3.65. The van der Waals surface area contributed by atoms with Crippen molar-refractivity contribution in [1.29, 1.82) is 0 Å². The van der Waals surface area contributed by atoms with Crippen molar-refractivity contribution >= 4 is 12.4 Å². The summed E-state index contributed by atoms with van der Waals surface area (Å²) < 4.78 is 5.33. The number of methoxy groups -OCH3 is 1. The zero-order valence-corrected chi connectivity index (χ0v) is 7.69. The number of nitrogens with two attached hydrogens (primary N) is 1. The molecular weight excluding hydrogens is 162 g/mol. The van der Waals surface area contributed by atoms with Crippen LogP contribution in [0.2, 0.25) is 0 Å². The molecule has 2 N–H and O–H groups in total. The molecule has 2 saturated carbocycles. The van der Waals surface area contributed by atoms with E-state index in [2.05, 4.69) is 0 Å². The lowest BCUT2D eigenvalue weighted by molar-refractivity contribution is -0.151. The van der Waals surface area contributed by atoms with Gasteiger partial charge in [0.25, 0.3) is 0 Å². The highest BCUT2D eigenvalue weighted by Gasteiger charge is 2.56. The van der Waals surface area contributed by atoms with Crippen LogP contribution in [0.5, 0.6) is 0 Å². The van der Waals surface area contributed by atoms with E-state index in [9.17, 15) is 0 Å². The minimum Gasteiger partial charge on any atom is -0.381 e. The van der Waals surface area contributed by atoms with Crippen LogP contribution in [0, 0.1) is 5.41 Å². The van der Waals surface area contributed by atoms with Crippen LogP contribution in [-0.2, 0) is 4.74 Å². The van der Waals surface area contributed by atoms with E-state index in [4.69, 9.17) is 10.5 Å². The summed E-state index contributed by atoms with van der Waals surface area (Å²) in [6, 6.07) is 0.436. The van der Waals surface area contributed by atoms with E-state index in [0.717, 1.165) is 6.42 Å². The first-order valence-corrected chi connectivity index (χ1v) is 4.08. The first-order valence-electron chi connectivity index (χ1n) is 4.08. The second-order valence-corrected chi connectivity index (χ2v) is 3.65. The lowest BCUT2D eigenvalue weighted by Gasteiger charge is -2.59. The molecule has 2 nitrogen and oxygen atoms in total. The maximum absolute atomic E-state index is 5.90. The van der Waals surface area contributed by atoms with Gasteiger partial charge in [0.15, 0.2) is 0 Å². The number of hydrogen-bond acceptors (Lipinski definition) is 2. The van der Waals surface area contributed by atoms with Gasteiger partial charge in [-0.25, -0.2) is 0 Å². The molecule has 0 aromatic rings. The topological polar surface area (TPSA) is 35.2 Å². The van der Waals surface area contributed by atoms with Crippen LogP contribution in [0.25, 0.3) is 0 Å². The monoisotopic (exact) mass is 177 g/mol. The minimum atomic E-state index is 0. The highest BCUT2D eigenvalue weighted by Crippen LogP contribution is 2.56. The molecule has 11 heavy (non-hydrogen) atoms. The van der Waals surface area contributed by atoms with Crippen LogP contribution in [0.4, 0.5) is 0 Å². The Balaban J connectivity index is 0.000000605. The lowest BCUT2D eigenvalue weighted by atomic mass is 9.51. The largest absolute Gasteiger partial charge is 0.381 e. The van der Waals surface area contributed by atoms with Crippen molar-refractivity contribution < 1.29 is 4.74 Å². The van der Waals surface area contributed by atoms with Crippen molar-refractivity contribution in [3.63, 3.8) is 0 Å². The summed E-state index contributed by atoms with van der Waals surface area (Å²) in [5.41, 5.74) is 6.33. The van der Waals surface area contributed by atoms with Crippen LogP contribution in [0.3, 0.4) is 0 Å². The molecule has 0 saturated heterocycles. The predicted molar refractivity (Wildman–Crippen MR) is 46.9 cm³/mol. The third kappa shape index (κ3) is 1.00. The van der Waals surface area contributed by atoms with Gasteiger partial charge in [-0.2, -0.15) is 0 Å². The SMILES string of the molecule is COC1CC(N)C12CCC2.Cl. The molecule has 0 aromatic carbocycles. The van der Waals surface area contributed by atoms with Gasteiger partial charge in [-0.1, -0.05) is 6.42 Å². The molecule has 2 atom stereocenters. The van der Waals surface area contributed by atoms with E-state index in [0.29, 0.717) is 17.6 Å². The highest BCUT2D eigenvalue weighted by molar-refractivity contribution is 5.85. The molecule has 2 aliphatic carbocycles. The number of ether oxygens (including phenoxy) is 1. The number of rotatable bonds is 1. The average molecular weight is 178 g/mol. The Labute approximate surface area is 73.9 Å². The highest BCUT2D eigenvalue weighted by atomic mass is 35.5. The first-order chi connectivity index (χ1) is 4.79. The second kappa shape index (κ2) is 2.92. The van der Waals surface area contributed by atoms with Crippen LogP contribution < -0.4 is 5.73 Å². The normalized spacial score (nSPS) is 38.7. The summed E-state index contributed by atoms with van der Waals surface area (Å²) in [5.74, 6) is 0. The van der Waals surface area contributed by atoms with Gasteiger partial charge >= 0.3 is 0 Å².